The molecule has 2 aromatic carbocycles. The second-order valence-electron chi connectivity index (χ2n) is 5.06. The van der Waals surface area contributed by atoms with Gasteiger partial charge >= 0.3 is 0 Å². The van der Waals surface area contributed by atoms with Crippen molar-refractivity contribution < 1.29 is 4.74 Å². The van der Waals surface area contributed by atoms with Gasteiger partial charge in [-0.25, -0.2) is 0 Å². The van der Waals surface area contributed by atoms with Crippen LogP contribution in [-0.2, 0) is 11.2 Å². The first-order chi connectivity index (χ1) is 10.3. The molecule has 0 aliphatic heterocycles. The molecule has 3 heteroatoms. The van der Waals surface area contributed by atoms with Gasteiger partial charge in [0.25, 0.3) is 0 Å². The Hall–Kier alpha value is -1.16. The summed E-state index contributed by atoms with van der Waals surface area (Å²) in [5, 5.41) is 3.20. The highest BCUT2D eigenvalue weighted by atomic mass is 79.9. The second kappa shape index (κ2) is 8.98. The van der Waals surface area contributed by atoms with Crippen LogP contribution in [-0.4, -0.2) is 20.2 Å². The molecular formula is C18H22BrNO. The van der Waals surface area contributed by atoms with Crippen molar-refractivity contribution in [3.63, 3.8) is 0 Å². The van der Waals surface area contributed by atoms with Gasteiger partial charge < -0.3 is 10.1 Å². The van der Waals surface area contributed by atoms with E-state index in [9.17, 15) is 0 Å². The number of rotatable bonds is 8. The summed E-state index contributed by atoms with van der Waals surface area (Å²) in [6.45, 7) is 1.60. The van der Waals surface area contributed by atoms with Crippen molar-refractivity contribution in [2.24, 2.45) is 0 Å². The average Bonchev–Trinajstić information content (AvgIpc) is 2.52. The van der Waals surface area contributed by atoms with Gasteiger partial charge in [-0.05, 0) is 43.1 Å². The van der Waals surface area contributed by atoms with E-state index in [1.165, 1.54) is 11.1 Å². The van der Waals surface area contributed by atoms with Crippen LogP contribution in [0.25, 0.3) is 0 Å². The van der Waals surface area contributed by atoms with E-state index in [-0.39, 0.29) is 6.10 Å². The maximum atomic E-state index is 6.05. The molecule has 21 heavy (non-hydrogen) atoms. The van der Waals surface area contributed by atoms with Gasteiger partial charge in [0.1, 0.15) is 0 Å². The normalized spacial score (nSPS) is 12.3. The predicted octanol–water partition coefficient (Wildman–Crippen LogP) is 4.36. The highest BCUT2D eigenvalue weighted by Gasteiger charge is 2.10. The molecule has 112 valence electrons. The molecule has 1 N–H and O–H groups in total. The van der Waals surface area contributed by atoms with E-state index >= 15 is 0 Å². The molecule has 1 atom stereocenters. The molecule has 0 spiro atoms. The van der Waals surface area contributed by atoms with E-state index in [4.69, 9.17) is 4.74 Å². The predicted molar refractivity (Wildman–Crippen MR) is 91.5 cm³/mol. The molecule has 2 rings (SSSR count). The Labute approximate surface area is 135 Å². The highest BCUT2D eigenvalue weighted by molar-refractivity contribution is 9.10. The Bertz CT molecular complexity index is 513. The minimum Gasteiger partial charge on any atom is -0.372 e. The Morgan fingerprint density at radius 3 is 2.43 bits per heavy atom. The standard InChI is InChI=1S/C18H22BrNO/c1-20-14-18(16-9-11-17(19)12-10-16)21-13-5-8-15-6-3-2-4-7-15/h2-4,6-7,9-12,18,20H,5,8,13-14H2,1H3. The summed E-state index contributed by atoms with van der Waals surface area (Å²) < 4.78 is 7.15. The van der Waals surface area contributed by atoms with E-state index in [1.807, 2.05) is 7.05 Å². The van der Waals surface area contributed by atoms with Gasteiger partial charge in [0.05, 0.1) is 6.10 Å². The first-order valence-electron chi connectivity index (χ1n) is 7.35. The number of benzene rings is 2. The van der Waals surface area contributed by atoms with E-state index in [1.54, 1.807) is 0 Å². The second-order valence-corrected chi connectivity index (χ2v) is 5.97. The number of ether oxygens (including phenoxy) is 1. The van der Waals surface area contributed by atoms with Crippen molar-refractivity contribution in [1.82, 2.24) is 5.32 Å². The van der Waals surface area contributed by atoms with Crippen molar-refractivity contribution in [3.8, 4) is 0 Å². The zero-order valence-corrected chi connectivity index (χ0v) is 14.0. The van der Waals surface area contributed by atoms with Gasteiger partial charge in [0.15, 0.2) is 0 Å². The highest BCUT2D eigenvalue weighted by Crippen LogP contribution is 2.20. The van der Waals surface area contributed by atoms with Crippen molar-refractivity contribution in [2.75, 3.05) is 20.2 Å². The zero-order chi connectivity index (χ0) is 14.9. The zero-order valence-electron chi connectivity index (χ0n) is 12.4. The molecular weight excluding hydrogens is 326 g/mol. The average molecular weight is 348 g/mol. The summed E-state index contributed by atoms with van der Waals surface area (Å²) in [4.78, 5) is 0. The molecule has 0 bridgehead atoms. The summed E-state index contributed by atoms with van der Waals surface area (Å²) >= 11 is 3.47. The SMILES string of the molecule is CNCC(OCCCc1ccccc1)c1ccc(Br)cc1. The lowest BCUT2D eigenvalue weighted by Crippen LogP contribution is -2.20. The Morgan fingerprint density at radius 2 is 1.76 bits per heavy atom. The molecule has 0 amide bonds. The molecule has 2 nitrogen and oxygen atoms in total. The van der Waals surface area contributed by atoms with Gasteiger partial charge in [0, 0.05) is 17.6 Å². The van der Waals surface area contributed by atoms with Crippen LogP contribution in [0.4, 0.5) is 0 Å². The first kappa shape index (κ1) is 16.2. The van der Waals surface area contributed by atoms with Crippen LogP contribution in [0.3, 0.4) is 0 Å². The van der Waals surface area contributed by atoms with E-state index in [0.29, 0.717) is 0 Å². The summed E-state index contributed by atoms with van der Waals surface area (Å²) in [7, 11) is 1.96. The molecule has 0 aliphatic rings. The molecule has 1 unspecified atom stereocenters. The fourth-order valence-corrected chi connectivity index (χ4v) is 2.55. The summed E-state index contributed by atoms with van der Waals surface area (Å²) in [5.74, 6) is 0. The van der Waals surface area contributed by atoms with Crippen LogP contribution in [0.5, 0.6) is 0 Å². The Balaban J connectivity index is 1.81. The van der Waals surface area contributed by atoms with E-state index in [2.05, 4.69) is 75.8 Å². The smallest absolute Gasteiger partial charge is 0.0949 e. The quantitative estimate of drug-likeness (QED) is 0.716. The summed E-state index contributed by atoms with van der Waals surface area (Å²) in [5.41, 5.74) is 2.59. The molecule has 2 aromatic rings. The third-order valence-electron chi connectivity index (χ3n) is 3.40. The van der Waals surface area contributed by atoms with Crippen LogP contribution in [0.15, 0.2) is 59.1 Å². The fraction of sp³-hybridized carbons (Fsp3) is 0.333. The van der Waals surface area contributed by atoms with Gasteiger partial charge in [0.2, 0.25) is 0 Å². The number of nitrogens with one attached hydrogen (secondary N) is 1. The third-order valence-corrected chi connectivity index (χ3v) is 3.93. The van der Waals surface area contributed by atoms with Crippen LogP contribution < -0.4 is 5.32 Å². The monoisotopic (exact) mass is 347 g/mol. The molecule has 0 saturated carbocycles. The van der Waals surface area contributed by atoms with Gasteiger partial charge in [-0.1, -0.05) is 58.4 Å². The molecule has 0 aromatic heterocycles. The van der Waals surface area contributed by atoms with E-state index < -0.39 is 0 Å². The lowest BCUT2D eigenvalue weighted by atomic mass is 10.1. The number of aryl methyl sites for hydroxylation is 1. The fourth-order valence-electron chi connectivity index (χ4n) is 2.28. The number of hydrogen-bond acceptors (Lipinski definition) is 2. The molecule has 0 heterocycles. The lowest BCUT2D eigenvalue weighted by Gasteiger charge is -2.18. The van der Waals surface area contributed by atoms with Crippen molar-refractivity contribution in [2.45, 2.75) is 18.9 Å². The van der Waals surface area contributed by atoms with Gasteiger partial charge in [-0.15, -0.1) is 0 Å². The first-order valence-corrected chi connectivity index (χ1v) is 8.14. The molecule has 0 saturated heterocycles. The van der Waals surface area contributed by atoms with Crippen molar-refractivity contribution in [3.05, 3.63) is 70.2 Å². The van der Waals surface area contributed by atoms with Gasteiger partial charge in [-0.3, -0.25) is 0 Å². The lowest BCUT2D eigenvalue weighted by molar-refractivity contribution is 0.0524. The number of likely N-dealkylation sites (N-methyl/N-ethyl adjacent to an activating group) is 1. The number of hydrogen-bond donors (Lipinski definition) is 1. The maximum Gasteiger partial charge on any atom is 0.0949 e. The minimum atomic E-state index is 0.110. The van der Waals surface area contributed by atoms with Crippen LogP contribution in [0, 0.1) is 0 Å². The molecule has 0 fully saturated rings. The van der Waals surface area contributed by atoms with Crippen molar-refractivity contribution >= 4 is 15.9 Å². The van der Waals surface area contributed by atoms with E-state index in [0.717, 1.165) is 30.5 Å². The summed E-state index contributed by atoms with van der Waals surface area (Å²) in [6.07, 6.45) is 2.22. The number of halogens is 1. The van der Waals surface area contributed by atoms with Crippen molar-refractivity contribution in [1.29, 1.82) is 0 Å². The Morgan fingerprint density at radius 1 is 1.05 bits per heavy atom. The third kappa shape index (κ3) is 5.62. The molecule has 0 radical (unpaired) electrons. The van der Waals surface area contributed by atoms with Crippen LogP contribution >= 0.6 is 15.9 Å². The largest absolute Gasteiger partial charge is 0.372 e. The van der Waals surface area contributed by atoms with Gasteiger partial charge in [-0.2, -0.15) is 0 Å². The Kier molecular flexibility index (Phi) is 6.93. The topological polar surface area (TPSA) is 21.3 Å². The minimum absolute atomic E-state index is 0.110. The molecule has 0 aliphatic carbocycles. The summed E-state index contributed by atoms with van der Waals surface area (Å²) in [6, 6.07) is 18.9. The van der Waals surface area contributed by atoms with Crippen LogP contribution in [0.2, 0.25) is 0 Å². The van der Waals surface area contributed by atoms with Crippen LogP contribution in [0.1, 0.15) is 23.7 Å². The maximum absolute atomic E-state index is 6.05.